The average Bonchev–Trinajstić information content (AvgIpc) is 3.46. The molecule has 1 N–H and O–H groups in total. The van der Waals surface area contributed by atoms with E-state index in [-0.39, 0.29) is 30.2 Å². The Kier molecular flexibility index (Phi) is 8.04. The first-order chi connectivity index (χ1) is 17.4. The fourth-order valence-electron chi connectivity index (χ4n) is 5.15. The van der Waals surface area contributed by atoms with E-state index < -0.39 is 45.2 Å². The first kappa shape index (κ1) is 27.6. The molecule has 4 nitrogen and oxygen atoms in total. The molecular weight excluding hydrogens is 528 g/mol. The number of aliphatic hydroxyl groups is 1. The standard InChI is InChI=1S/C18H15S.C9H12F4O4S/c1-4-10-16(11-5-1)19(17-12-6-2-7-13-17)18-14-8-3-9-15-18;10-8(11,9(12,13)18(15,16)17)6-2-5-1-4(6)3-7(5)14/h1-15H;4-7,14H,1-3H2,(H,15,16,17)/q+1;/p-1. The van der Waals surface area contributed by atoms with Gasteiger partial charge in [-0.3, -0.25) is 0 Å². The number of halogens is 4. The molecule has 2 aliphatic rings. The maximum atomic E-state index is 13.6. The Morgan fingerprint density at radius 3 is 1.41 bits per heavy atom. The Bertz CT molecular complexity index is 1180. The third-order valence-electron chi connectivity index (χ3n) is 6.92. The molecule has 198 valence electrons. The summed E-state index contributed by atoms with van der Waals surface area (Å²) in [4.78, 5) is 4.08. The molecule has 10 heteroatoms. The number of hydrogen-bond donors (Lipinski definition) is 1. The molecule has 0 saturated heterocycles. The quantitative estimate of drug-likeness (QED) is 0.232. The first-order valence-corrected chi connectivity index (χ1v) is 14.4. The number of aliphatic hydroxyl groups excluding tert-OH is 1. The lowest BCUT2D eigenvalue weighted by atomic mass is 9.83. The molecule has 5 rings (SSSR count). The molecule has 3 aromatic rings. The molecule has 0 heterocycles. The molecule has 0 radical (unpaired) electrons. The summed E-state index contributed by atoms with van der Waals surface area (Å²) in [5.41, 5.74) is 0. The van der Waals surface area contributed by atoms with Gasteiger partial charge in [0.1, 0.15) is 0 Å². The Morgan fingerprint density at radius 1 is 0.703 bits per heavy atom. The zero-order chi connectivity index (χ0) is 26.8. The predicted molar refractivity (Wildman–Crippen MR) is 131 cm³/mol. The Morgan fingerprint density at radius 2 is 1.11 bits per heavy atom. The third-order valence-corrected chi connectivity index (χ3v) is 10.1. The van der Waals surface area contributed by atoms with E-state index in [2.05, 4.69) is 91.0 Å². The van der Waals surface area contributed by atoms with Gasteiger partial charge in [0, 0.05) is 5.92 Å². The predicted octanol–water partition coefficient (Wildman–Crippen LogP) is 5.95. The van der Waals surface area contributed by atoms with Gasteiger partial charge in [0.25, 0.3) is 0 Å². The van der Waals surface area contributed by atoms with Crippen LogP contribution >= 0.6 is 0 Å². The molecule has 0 spiro atoms. The lowest BCUT2D eigenvalue weighted by Crippen LogP contribution is -2.53. The summed E-state index contributed by atoms with van der Waals surface area (Å²) in [6, 6.07) is 32.2. The van der Waals surface area contributed by atoms with Gasteiger partial charge >= 0.3 is 11.2 Å². The van der Waals surface area contributed by atoms with E-state index in [4.69, 9.17) is 0 Å². The number of fused-ring (bicyclic) bond motifs is 2. The summed E-state index contributed by atoms with van der Waals surface area (Å²) < 4.78 is 84.2. The van der Waals surface area contributed by atoms with E-state index in [0.717, 1.165) is 0 Å². The average molecular weight is 555 g/mol. The van der Waals surface area contributed by atoms with Crippen LogP contribution in [0.25, 0.3) is 0 Å². The summed E-state index contributed by atoms with van der Waals surface area (Å²) in [7, 11) is -6.44. The molecule has 2 bridgehead atoms. The minimum absolute atomic E-state index is 0.0146. The fraction of sp³-hybridized carbons (Fsp3) is 0.333. The maximum absolute atomic E-state index is 13.6. The number of rotatable bonds is 6. The van der Waals surface area contributed by atoms with Crippen molar-refractivity contribution in [1.82, 2.24) is 0 Å². The molecule has 0 amide bonds. The van der Waals surface area contributed by atoms with Crippen LogP contribution in [0.1, 0.15) is 19.3 Å². The van der Waals surface area contributed by atoms with Crippen molar-refractivity contribution in [2.24, 2.45) is 17.8 Å². The monoisotopic (exact) mass is 554 g/mol. The van der Waals surface area contributed by atoms with Gasteiger partial charge in [0.2, 0.25) is 0 Å². The van der Waals surface area contributed by atoms with Crippen LogP contribution in [0.15, 0.2) is 106 Å². The van der Waals surface area contributed by atoms with Crippen LogP contribution < -0.4 is 0 Å². The van der Waals surface area contributed by atoms with Crippen molar-refractivity contribution in [3.05, 3.63) is 91.0 Å². The van der Waals surface area contributed by atoms with Gasteiger partial charge in [-0.1, -0.05) is 54.6 Å². The van der Waals surface area contributed by atoms with Crippen LogP contribution in [0.4, 0.5) is 17.6 Å². The van der Waals surface area contributed by atoms with Gasteiger partial charge < -0.3 is 9.66 Å². The molecule has 3 aromatic carbocycles. The zero-order valence-corrected chi connectivity index (χ0v) is 21.2. The second-order valence-corrected chi connectivity index (χ2v) is 12.7. The summed E-state index contributed by atoms with van der Waals surface area (Å²) in [6.45, 7) is 0. The number of hydrogen-bond acceptors (Lipinski definition) is 4. The highest BCUT2D eigenvalue weighted by Gasteiger charge is 2.69. The normalized spacial score (nSPS) is 23.5. The molecule has 4 atom stereocenters. The highest BCUT2D eigenvalue weighted by Crippen LogP contribution is 2.58. The highest BCUT2D eigenvalue weighted by molar-refractivity contribution is 7.97. The first-order valence-electron chi connectivity index (χ1n) is 11.7. The van der Waals surface area contributed by atoms with Crippen molar-refractivity contribution in [2.75, 3.05) is 0 Å². The van der Waals surface area contributed by atoms with Crippen LogP contribution in [-0.4, -0.2) is 35.4 Å². The largest absolute Gasteiger partial charge is 0.743 e. The van der Waals surface area contributed by atoms with Gasteiger partial charge in [-0.2, -0.15) is 17.6 Å². The molecular formula is C27H26F4O4S2. The van der Waals surface area contributed by atoms with Gasteiger partial charge in [-0.15, -0.1) is 0 Å². The lowest BCUT2D eigenvalue weighted by Gasteiger charge is -2.37. The molecule has 2 fully saturated rings. The number of benzene rings is 3. The van der Waals surface area contributed by atoms with E-state index in [1.807, 2.05) is 0 Å². The van der Waals surface area contributed by atoms with E-state index in [9.17, 15) is 35.6 Å². The topological polar surface area (TPSA) is 77.4 Å². The van der Waals surface area contributed by atoms with Crippen molar-refractivity contribution < 1.29 is 35.6 Å². The second-order valence-electron chi connectivity index (χ2n) is 9.24. The minimum Gasteiger partial charge on any atom is -0.743 e. The molecule has 4 unspecified atom stereocenters. The van der Waals surface area contributed by atoms with Crippen LogP contribution in [0.5, 0.6) is 0 Å². The lowest BCUT2D eigenvalue weighted by molar-refractivity contribution is -0.205. The van der Waals surface area contributed by atoms with Crippen LogP contribution in [0.2, 0.25) is 0 Å². The highest BCUT2D eigenvalue weighted by atomic mass is 32.2. The zero-order valence-electron chi connectivity index (χ0n) is 19.6. The van der Waals surface area contributed by atoms with Crippen molar-refractivity contribution in [2.45, 2.75) is 51.2 Å². The summed E-state index contributed by atoms with van der Waals surface area (Å²) >= 11 is 0. The van der Waals surface area contributed by atoms with E-state index in [0.29, 0.717) is 0 Å². The Hall–Kier alpha value is -2.40. The van der Waals surface area contributed by atoms with E-state index >= 15 is 0 Å². The van der Waals surface area contributed by atoms with Gasteiger partial charge in [-0.25, -0.2) is 8.42 Å². The second kappa shape index (κ2) is 10.8. The van der Waals surface area contributed by atoms with Gasteiger partial charge in [0.15, 0.2) is 24.8 Å². The van der Waals surface area contributed by atoms with Gasteiger partial charge in [0.05, 0.1) is 17.0 Å². The minimum atomic E-state index is -6.42. The van der Waals surface area contributed by atoms with Crippen LogP contribution in [0.3, 0.4) is 0 Å². The summed E-state index contributed by atoms with van der Waals surface area (Å²) in [6.07, 6.45) is -1.08. The summed E-state index contributed by atoms with van der Waals surface area (Å²) in [5.74, 6) is -8.15. The van der Waals surface area contributed by atoms with E-state index in [1.54, 1.807) is 0 Å². The maximum Gasteiger partial charge on any atom is 0.396 e. The molecule has 37 heavy (non-hydrogen) atoms. The molecule has 2 aliphatic carbocycles. The third kappa shape index (κ3) is 5.57. The summed E-state index contributed by atoms with van der Waals surface area (Å²) in [5, 5.41) is 3.74. The van der Waals surface area contributed by atoms with Crippen molar-refractivity contribution in [3.8, 4) is 0 Å². The van der Waals surface area contributed by atoms with Crippen LogP contribution in [-0.2, 0) is 21.0 Å². The van der Waals surface area contributed by atoms with Crippen LogP contribution in [0, 0.1) is 17.8 Å². The molecule has 2 saturated carbocycles. The Balaban J connectivity index is 0.000000173. The van der Waals surface area contributed by atoms with Gasteiger partial charge in [-0.05, 0) is 67.5 Å². The molecule has 0 aliphatic heterocycles. The van der Waals surface area contributed by atoms with Crippen molar-refractivity contribution in [3.63, 3.8) is 0 Å². The molecule has 0 aromatic heterocycles. The van der Waals surface area contributed by atoms with Crippen molar-refractivity contribution in [1.29, 1.82) is 0 Å². The van der Waals surface area contributed by atoms with E-state index in [1.165, 1.54) is 14.7 Å². The fourth-order valence-corrected chi connectivity index (χ4v) is 7.74. The smallest absolute Gasteiger partial charge is 0.396 e. The Labute approximate surface area is 216 Å². The number of alkyl halides is 4. The SMILES string of the molecule is O=S(=O)([O-])C(F)(F)C(F)(F)C1CC2CC1CC2O.c1ccc([S+](c2ccccc2)c2ccccc2)cc1. The van der Waals surface area contributed by atoms with Crippen molar-refractivity contribution >= 4 is 21.0 Å².